The maximum Gasteiger partial charge on any atom is 0.274 e. The van der Waals surface area contributed by atoms with E-state index in [2.05, 4.69) is 23.8 Å². The maximum atomic E-state index is 10.8. The zero-order chi connectivity index (χ0) is 20.8. The number of non-ortho nitro benzene ring substituents is 1. The fourth-order valence-electron chi connectivity index (χ4n) is 2.80. The van der Waals surface area contributed by atoms with Crippen LogP contribution in [0.1, 0.15) is 24.4 Å². The van der Waals surface area contributed by atoms with Gasteiger partial charge in [-0.2, -0.15) is 0 Å². The second kappa shape index (κ2) is 9.11. The molecule has 2 atom stereocenters. The van der Waals surface area contributed by atoms with E-state index in [1.54, 1.807) is 18.2 Å². The molecule has 0 aliphatic carbocycles. The van der Waals surface area contributed by atoms with Gasteiger partial charge in [0.1, 0.15) is 18.9 Å². The van der Waals surface area contributed by atoms with Crippen LogP contribution < -0.4 is 9.64 Å². The summed E-state index contributed by atoms with van der Waals surface area (Å²) in [7, 11) is 2.06. The van der Waals surface area contributed by atoms with Crippen molar-refractivity contribution in [3.05, 3.63) is 82.8 Å². The van der Waals surface area contributed by atoms with E-state index in [1.165, 1.54) is 17.0 Å². The molecule has 0 aliphatic rings. The summed E-state index contributed by atoms with van der Waals surface area (Å²) in [6.07, 6.45) is 1.71. The van der Waals surface area contributed by atoms with Crippen LogP contribution in [0.4, 0.5) is 5.69 Å². The second-order valence-electron chi connectivity index (χ2n) is 6.74. The molecule has 0 saturated heterocycles. The summed E-state index contributed by atoms with van der Waals surface area (Å²) in [5, 5.41) is 19.0. The molecule has 3 aromatic rings. The number of hydrogen-bond acceptors (Lipinski definition) is 6. The smallest absolute Gasteiger partial charge is 0.274 e. The summed E-state index contributed by atoms with van der Waals surface area (Å²) in [6.45, 7) is 6.91. The molecule has 150 valence electrons. The number of nitrogens with one attached hydrogen (secondary N) is 1. The zero-order valence-electron chi connectivity index (χ0n) is 16.4. The van der Waals surface area contributed by atoms with E-state index in [9.17, 15) is 10.1 Å². The van der Waals surface area contributed by atoms with Crippen molar-refractivity contribution in [2.75, 3.05) is 13.7 Å². The second-order valence-corrected chi connectivity index (χ2v) is 6.74. The van der Waals surface area contributed by atoms with Crippen molar-refractivity contribution in [2.24, 2.45) is 0 Å². The van der Waals surface area contributed by atoms with Crippen LogP contribution in [0.5, 0.6) is 5.75 Å². The van der Waals surface area contributed by atoms with Crippen LogP contribution in [0.15, 0.2) is 65.6 Å². The lowest BCUT2D eigenvalue weighted by Crippen LogP contribution is -3.07. The lowest BCUT2D eigenvalue weighted by molar-refractivity contribution is -0.925. The molecule has 1 heterocycles. The molecule has 8 nitrogen and oxygen atoms in total. The van der Waals surface area contributed by atoms with Crippen LogP contribution in [0.25, 0.3) is 11.5 Å². The topological polar surface area (TPSA) is 95.7 Å². The highest BCUT2D eigenvalue weighted by Crippen LogP contribution is 2.22. The van der Waals surface area contributed by atoms with Gasteiger partial charge < -0.3 is 14.1 Å². The summed E-state index contributed by atoms with van der Waals surface area (Å²) >= 11 is 0. The van der Waals surface area contributed by atoms with Gasteiger partial charge in [0.05, 0.1) is 12.0 Å². The fourth-order valence-corrected chi connectivity index (χ4v) is 2.80. The Balaban J connectivity index is 1.64. The summed E-state index contributed by atoms with van der Waals surface area (Å²) in [5.41, 5.74) is 1.83. The Hall–Kier alpha value is -3.52. The van der Waals surface area contributed by atoms with E-state index in [0.29, 0.717) is 24.0 Å². The molecule has 0 saturated carbocycles. The van der Waals surface area contributed by atoms with Gasteiger partial charge in [0.25, 0.3) is 11.6 Å². The Morgan fingerprint density at radius 1 is 1.21 bits per heavy atom. The first-order chi connectivity index (χ1) is 14.0. The third-order valence-electron chi connectivity index (χ3n) is 4.65. The van der Waals surface area contributed by atoms with E-state index in [1.807, 2.05) is 31.2 Å². The summed E-state index contributed by atoms with van der Waals surface area (Å²) < 4.78 is 11.3. The van der Waals surface area contributed by atoms with Crippen molar-refractivity contribution in [1.82, 2.24) is 10.2 Å². The average molecular weight is 395 g/mol. The Morgan fingerprint density at radius 2 is 1.90 bits per heavy atom. The molecule has 0 bridgehead atoms. The molecule has 0 amide bonds. The summed E-state index contributed by atoms with van der Waals surface area (Å²) in [5.74, 6) is 1.67. The lowest BCUT2D eigenvalue weighted by Gasteiger charge is -2.19. The molecule has 3 rings (SSSR count). The van der Waals surface area contributed by atoms with Crippen LogP contribution in [-0.4, -0.2) is 28.8 Å². The number of ether oxygens (including phenoxy) is 1. The SMILES string of the molecule is C=CCOc1ccc(C[NH+](C)[C@H](C)c2nnc(-c3ccc([N+](=O)[O-])cc3)o2)cc1. The quantitative estimate of drug-likeness (QED) is 0.340. The first-order valence-electron chi connectivity index (χ1n) is 9.21. The number of nitro benzene ring substituents is 1. The van der Waals surface area contributed by atoms with E-state index in [4.69, 9.17) is 9.15 Å². The van der Waals surface area contributed by atoms with Crippen molar-refractivity contribution in [2.45, 2.75) is 19.5 Å². The molecule has 0 spiro atoms. The largest absolute Gasteiger partial charge is 0.490 e. The van der Waals surface area contributed by atoms with E-state index in [0.717, 1.165) is 17.9 Å². The highest BCUT2D eigenvalue weighted by Gasteiger charge is 2.23. The number of benzene rings is 2. The van der Waals surface area contributed by atoms with Crippen LogP contribution >= 0.6 is 0 Å². The van der Waals surface area contributed by atoms with Crippen LogP contribution in [0.2, 0.25) is 0 Å². The summed E-state index contributed by atoms with van der Waals surface area (Å²) in [4.78, 5) is 11.5. The zero-order valence-corrected chi connectivity index (χ0v) is 16.4. The predicted molar refractivity (Wildman–Crippen MR) is 108 cm³/mol. The third-order valence-corrected chi connectivity index (χ3v) is 4.65. The van der Waals surface area contributed by atoms with Gasteiger partial charge >= 0.3 is 0 Å². The van der Waals surface area contributed by atoms with Gasteiger partial charge in [0.15, 0.2) is 6.04 Å². The Kier molecular flexibility index (Phi) is 6.36. The molecule has 29 heavy (non-hydrogen) atoms. The first-order valence-corrected chi connectivity index (χ1v) is 9.21. The molecule has 1 unspecified atom stereocenters. The van der Waals surface area contributed by atoms with Crippen LogP contribution in [0.3, 0.4) is 0 Å². The monoisotopic (exact) mass is 395 g/mol. The van der Waals surface area contributed by atoms with Gasteiger partial charge in [-0.05, 0) is 43.3 Å². The van der Waals surface area contributed by atoms with Gasteiger partial charge in [0.2, 0.25) is 5.89 Å². The number of quaternary nitrogens is 1. The standard InChI is InChI=1S/C21H22N4O4/c1-4-13-28-19-11-5-16(6-12-19)14-24(3)15(2)20-22-23-21(29-20)17-7-9-18(10-8-17)25(26)27/h4-12,15H,1,13-14H2,2-3H3/p+1/t15-/m1/s1. The van der Waals surface area contributed by atoms with Gasteiger partial charge in [-0.3, -0.25) is 10.1 Å². The van der Waals surface area contributed by atoms with Crippen LogP contribution in [0, 0.1) is 10.1 Å². The number of nitro groups is 1. The highest BCUT2D eigenvalue weighted by molar-refractivity contribution is 5.55. The van der Waals surface area contributed by atoms with E-state index >= 15 is 0 Å². The maximum absolute atomic E-state index is 10.8. The molecule has 1 aromatic heterocycles. The van der Waals surface area contributed by atoms with Crippen molar-refractivity contribution in [1.29, 1.82) is 0 Å². The molecule has 0 fully saturated rings. The fraction of sp³-hybridized carbons (Fsp3) is 0.238. The molecular formula is C21H23N4O4+. The highest BCUT2D eigenvalue weighted by atomic mass is 16.6. The minimum atomic E-state index is -0.443. The number of hydrogen-bond donors (Lipinski definition) is 1. The number of nitrogens with zero attached hydrogens (tertiary/aromatic N) is 3. The summed E-state index contributed by atoms with van der Waals surface area (Å²) in [6, 6.07) is 14.0. The Bertz CT molecular complexity index is 967. The minimum Gasteiger partial charge on any atom is -0.490 e. The first kappa shape index (κ1) is 20.2. The van der Waals surface area contributed by atoms with Crippen LogP contribution in [-0.2, 0) is 6.54 Å². The van der Waals surface area contributed by atoms with Crippen molar-refractivity contribution >= 4 is 5.69 Å². The Morgan fingerprint density at radius 3 is 2.52 bits per heavy atom. The van der Waals surface area contributed by atoms with E-state index < -0.39 is 4.92 Å². The molecule has 2 aromatic carbocycles. The van der Waals surface area contributed by atoms with Gasteiger partial charge in [-0.15, -0.1) is 10.2 Å². The normalized spacial score (nSPS) is 12.9. The average Bonchev–Trinajstić information content (AvgIpc) is 3.23. The predicted octanol–water partition coefficient (Wildman–Crippen LogP) is 2.99. The molecule has 0 aliphatic heterocycles. The van der Waals surface area contributed by atoms with Gasteiger partial charge in [0, 0.05) is 23.3 Å². The molecular weight excluding hydrogens is 372 g/mol. The minimum absolute atomic E-state index is 0.0203. The third kappa shape index (κ3) is 5.05. The number of aromatic nitrogens is 2. The van der Waals surface area contributed by atoms with Gasteiger partial charge in [-0.25, -0.2) is 0 Å². The molecule has 8 heteroatoms. The molecule has 1 N–H and O–H groups in total. The number of rotatable bonds is 9. The Labute approximate surface area is 168 Å². The lowest BCUT2D eigenvalue weighted by atomic mass is 10.2. The van der Waals surface area contributed by atoms with E-state index in [-0.39, 0.29) is 11.7 Å². The van der Waals surface area contributed by atoms with Crippen molar-refractivity contribution in [3.8, 4) is 17.2 Å². The van der Waals surface area contributed by atoms with Crippen molar-refractivity contribution < 1.29 is 19.0 Å². The molecule has 0 radical (unpaired) electrons. The van der Waals surface area contributed by atoms with Crippen molar-refractivity contribution in [3.63, 3.8) is 0 Å². The van der Waals surface area contributed by atoms with Gasteiger partial charge in [-0.1, -0.05) is 12.7 Å².